The monoisotopic (exact) mass is 528 g/mol. The highest BCUT2D eigenvalue weighted by Gasteiger charge is 2.43. The second-order valence-electron chi connectivity index (χ2n) is 9.54. The number of nitrogens with zero attached hydrogens (tertiary/aromatic N) is 2. The van der Waals surface area contributed by atoms with Crippen molar-refractivity contribution in [2.45, 2.75) is 56.5 Å². The van der Waals surface area contributed by atoms with E-state index in [1.54, 1.807) is 18.0 Å². The third-order valence-corrected chi connectivity index (χ3v) is 7.91. The molecule has 9 heteroatoms. The molecule has 2 atom stereocenters. The molecule has 1 saturated heterocycles. The highest BCUT2D eigenvalue weighted by atomic mass is 35.5. The van der Waals surface area contributed by atoms with Gasteiger partial charge in [-0.1, -0.05) is 59.6 Å². The van der Waals surface area contributed by atoms with Crippen LogP contribution in [0.15, 0.2) is 48.5 Å². The van der Waals surface area contributed by atoms with E-state index in [0.717, 1.165) is 12.1 Å². The lowest BCUT2D eigenvalue weighted by atomic mass is 9.87. The molecule has 35 heavy (non-hydrogen) atoms. The standard InChI is InChI=1S/C26H29Cl2F3N2O2/c1-32(25(34)35-20-10-8-19(9-11-20)26(29,30)31)24-16-33(14-17-5-3-2-4-6-17)15-21(24)18-7-12-22(27)23(28)13-18/h2-7,12-13,19-21,24H,8-11,14-16H2,1H3/t19?,20?,21-,24+/m0/s1. The number of likely N-dealkylation sites (tertiary alicyclic amines) is 1. The number of halogens is 5. The summed E-state index contributed by atoms with van der Waals surface area (Å²) in [5, 5.41) is 0.921. The highest BCUT2D eigenvalue weighted by Crippen LogP contribution is 2.39. The Hall–Kier alpha value is -1.96. The summed E-state index contributed by atoms with van der Waals surface area (Å²) in [5.74, 6) is -1.33. The fourth-order valence-electron chi connectivity index (χ4n) is 5.17. The molecule has 0 bridgehead atoms. The fraction of sp³-hybridized carbons (Fsp3) is 0.500. The Morgan fingerprint density at radius 2 is 1.71 bits per heavy atom. The predicted octanol–water partition coefficient (Wildman–Crippen LogP) is 7.15. The normalized spacial score (nSPS) is 25.4. The number of amides is 1. The first-order chi connectivity index (χ1) is 16.6. The zero-order valence-electron chi connectivity index (χ0n) is 19.5. The van der Waals surface area contributed by atoms with Crippen LogP contribution in [0.1, 0.15) is 42.7 Å². The molecule has 2 aliphatic rings. The largest absolute Gasteiger partial charge is 0.446 e. The SMILES string of the molecule is CN(C(=O)OC1CCC(C(F)(F)F)CC1)[C@@H]1CN(Cc2ccccc2)C[C@H]1c1ccc(Cl)c(Cl)c1. The molecule has 2 aromatic rings. The zero-order valence-corrected chi connectivity index (χ0v) is 21.0. The van der Waals surface area contributed by atoms with Crippen LogP contribution in [0.3, 0.4) is 0 Å². The highest BCUT2D eigenvalue weighted by molar-refractivity contribution is 6.42. The number of carbonyl (C=O) groups excluding carboxylic acids is 1. The molecule has 1 aliphatic heterocycles. The molecule has 0 radical (unpaired) electrons. The van der Waals surface area contributed by atoms with Crippen molar-refractivity contribution < 1.29 is 22.7 Å². The van der Waals surface area contributed by atoms with Gasteiger partial charge in [-0.05, 0) is 48.9 Å². The van der Waals surface area contributed by atoms with E-state index in [-0.39, 0.29) is 37.6 Å². The lowest BCUT2D eigenvalue weighted by molar-refractivity contribution is -0.186. The van der Waals surface area contributed by atoms with E-state index < -0.39 is 24.3 Å². The van der Waals surface area contributed by atoms with Gasteiger partial charge in [0.25, 0.3) is 0 Å². The lowest BCUT2D eigenvalue weighted by Gasteiger charge is -2.33. The summed E-state index contributed by atoms with van der Waals surface area (Å²) in [6.07, 6.45) is -4.75. The Morgan fingerprint density at radius 3 is 2.34 bits per heavy atom. The van der Waals surface area contributed by atoms with Crippen LogP contribution in [0.4, 0.5) is 18.0 Å². The predicted molar refractivity (Wildman–Crippen MR) is 131 cm³/mol. The van der Waals surface area contributed by atoms with Crippen molar-refractivity contribution in [1.29, 1.82) is 0 Å². The fourth-order valence-corrected chi connectivity index (χ4v) is 5.48. The second-order valence-corrected chi connectivity index (χ2v) is 10.4. The molecule has 0 N–H and O–H groups in total. The van der Waals surface area contributed by atoms with E-state index in [0.29, 0.717) is 23.1 Å². The first-order valence-electron chi connectivity index (χ1n) is 11.8. The summed E-state index contributed by atoms with van der Waals surface area (Å²) in [6, 6.07) is 15.4. The van der Waals surface area contributed by atoms with Crippen LogP contribution in [0.2, 0.25) is 10.0 Å². The molecular weight excluding hydrogens is 500 g/mol. The van der Waals surface area contributed by atoms with E-state index in [9.17, 15) is 18.0 Å². The zero-order chi connectivity index (χ0) is 25.2. The van der Waals surface area contributed by atoms with Gasteiger partial charge in [-0.2, -0.15) is 13.2 Å². The van der Waals surface area contributed by atoms with Crippen LogP contribution >= 0.6 is 23.2 Å². The Labute approximate surface area is 213 Å². The smallest absolute Gasteiger partial charge is 0.410 e. The lowest BCUT2D eigenvalue weighted by Crippen LogP contribution is -2.43. The van der Waals surface area contributed by atoms with Crippen molar-refractivity contribution >= 4 is 29.3 Å². The van der Waals surface area contributed by atoms with Gasteiger partial charge in [0.2, 0.25) is 0 Å². The van der Waals surface area contributed by atoms with Crippen molar-refractivity contribution in [3.8, 4) is 0 Å². The maximum absolute atomic E-state index is 13.1. The number of ether oxygens (including phenoxy) is 1. The van der Waals surface area contributed by atoms with Gasteiger partial charge in [-0.3, -0.25) is 4.90 Å². The Kier molecular flexibility index (Phi) is 8.19. The third kappa shape index (κ3) is 6.43. The molecule has 1 heterocycles. The quantitative estimate of drug-likeness (QED) is 0.413. The summed E-state index contributed by atoms with van der Waals surface area (Å²) in [5.41, 5.74) is 2.15. The van der Waals surface area contributed by atoms with Crippen LogP contribution in [0, 0.1) is 5.92 Å². The van der Waals surface area contributed by atoms with Crippen LogP contribution in [0.5, 0.6) is 0 Å². The summed E-state index contributed by atoms with van der Waals surface area (Å²) in [4.78, 5) is 16.9. The molecule has 4 rings (SSSR count). The number of alkyl halides is 3. The molecule has 1 amide bonds. The van der Waals surface area contributed by atoms with Gasteiger partial charge in [0.05, 0.1) is 22.0 Å². The first kappa shape index (κ1) is 26.1. The molecule has 1 aliphatic carbocycles. The van der Waals surface area contributed by atoms with Crippen molar-refractivity contribution in [3.63, 3.8) is 0 Å². The van der Waals surface area contributed by atoms with Crippen molar-refractivity contribution in [1.82, 2.24) is 9.80 Å². The van der Waals surface area contributed by atoms with E-state index >= 15 is 0 Å². The van der Waals surface area contributed by atoms with Crippen LogP contribution in [0.25, 0.3) is 0 Å². The Morgan fingerprint density at radius 1 is 1.03 bits per heavy atom. The summed E-state index contributed by atoms with van der Waals surface area (Å²) < 4.78 is 44.6. The van der Waals surface area contributed by atoms with E-state index in [1.165, 1.54) is 5.56 Å². The second kappa shape index (κ2) is 11.0. The number of likely N-dealkylation sites (N-methyl/N-ethyl adjacent to an activating group) is 1. The van der Waals surface area contributed by atoms with Crippen LogP contribution in [-0.4, -0.2) is 54.4 Å². The minimum atomic E-state index is -4.19. The van der Waals surface area contributed by atoms with E-state index in [4.69, 9.17) is 27.9 Å². The van der Waals surface area contributed by atoms with E-state index in [1.807, 2.05) is 30.3 Å². The van der Waals surface area contributed by atoms with Crippen molar-refractivity contribution in [2.24, 2.45) is 5.92 Å². The number of hydrogen-bond acceptors (Lipinski definition) is 3. The molecule has 4 nitrogen and oxygen atoms in total. The summed E-state index contributed by atoms with van der Waals surface area (Å²) >= 11 is 12.4. The van der Waals surface area contributed by atoms with Crippen molar-refractivity contribution in [3.05, 3.63) is 69.7 Å². The number of hydrogen-bond donors (Lipinski definition) is 0. The molecule has 2 aromatic carbocycles. The van der Waals surface area contributed by atoms with Gasteiger partial charge < -0.3 is 9.64 Å². The molecular formula is C26H29Cl2F3N2O2. The number of carbonyl (C=O) groups is 1. The summed E-state index contributed by atoms with van der Waals surface area (Å²) in [7, 11) is 1.70. The van der Waals surface area contributed by atoms with Crippen LogP contribution in [-0.2, 0) is 11.3 Å². The van der Waals surface area contributed by atoms with E-state index in [2.05, 4.69) is 17.0 Å². The average molecular weight is 529 g/mol. The summed E-state index contributed by atoms with van der Waals surface area (Å²) in [6.45, 7) is 2.08. The Bertz CT molecular complexity index is 1010. The van der Waals surface area contributed by atoms with Gasteiger partial charge in [0.1, 0.15) is 6.10 Å². The van der Waals surface area contributed by atoms with Gasteiger partial charge in [0.15, 0.2) is 0 Å². The maximum Gasteiger partial charge on any atom is 0.410 e. The van der Waals surface area contributed by atoms with Crippen LogP contribution < -0.4 is 0 Å². The molecule has 0 spiro atoms. The van der Waals surface area contributed by atoms with Gasteiger partial charge in [-0.15, -0.1) is 0 Å². The molecule has 1 saturated carbocycles. The average Bonchev–Trinajstić information content (AvgIpc) is 3.24. The van der Waals surface area contributed by atoms with Gasteiger partial charge in [-0.25, -0.2) is 4.79 Å². The Balaban J connectivity index is 1.45. The molecule has 190 valence electrons. The van der Waals surface area contributed by atoms with Crippen molar-refractivity contribution in [2.75, 3.05) is 20.1 Å². The van der Waals surface area contributed by atoms with Gasteiger partial charge in [0, 0.05) is 32.6 Å². The third-order valence-electron chi connectivity index (χ3n) is 7.18. The number of benzene rings is 2. The van der Waals surface area contributed by atoms with Gasteiger partial charge >= 0.3 is 12.3 Å². The maximum atomic E-state index is 13.1. The minimum Gasteiger partial charge on any atom is -0.446 e. The minimum absolute atomic E-state index is 0.00859. The molecule has 0 aromatic heterocycles. The molecule has 2 fully saturated rings. The number of rotatable bonds is 5. The topological polar surface area (TPSA) is 32.8 Å². The molecule has 0 unspecified atom stereocenters. The first-order valence-corrected chi connectivity index (χ1v) is 12.6.